The molecule has 0 bridgehead atoms. The van der Waals surface area contributed by atoms with E-state index in [-0.39, 0.29) is 18.8 Å². The first-order valence-electron chi connectivity index (χ1n) is 2.89. The molecule has 0 amide bonds. The van der Waals surface area contributed by atoms with Crippen molar-refractivity contribution in [2.45, 2.75) is 13.2 Å². The van der Waals surface area contributed by atoms with E-state index in [1.807, 2.05) is 0 Å². The maximum Gasteiger partial charge on any atom is 0.323 e. The van der Waals surface area contributed by atoms with E-state index in [4.69, 9.17) is 10.8 Å². The standard InChI is InChI=1S/C5H9N3O2/c6-1-3-4(2-9)8-5(10)7-3/h9H,1-2,6H2,(H2,7,8,10). The Labute approximate surface area is 56.9 Å². The van der Waals surface area contributed by atoms with Gasteiger partial charge in [-0.2, -0.15) is 0 Å². The van der Waals surface area contributed by atoms with Crippen LogP contribution in [0.3, 0.4) is 0 Å². The number of aliphatic hydroxyl groups is 1. The van der Waals surface area contributed by atoms with Crippen LogP contribution in [0.4, 0.5) is 0 Å². The van der Waals surface area contributed by atoms with Gasteiger partial charge in [0.2, 0.25) is 0 Å². The van der Waals surface area contributed by atoms with Crippen LogP contribution in [-0.2, 0) is 13.2 Å². The van der Waals surface area contributed by atoms with Crippen LogP contribution in [0, 0.1) is 0 Å². The van der Waals surface area contributed by atoms with E-state index in [9.17, 15) is 4.79 Å². The van der Waals surface area contributed by atoms with Gasteiger partial charge in [-0.05, 0) is 0 Å². The summed E-state index contributed by atoms with van der Waals surface area (Å²) >= 11 is 0. The van der Waals surface area contributed by atoms with E-state index in [0.29, 0.717) is 11.4 Å². The van der Waals surface area contributed by atoms with Crippen LogP contribution in [0.15, 0.2) is 4.79 Å². The molecule has 0 atom stereocenters. The van der Waals surface area contributed by atoms with Gasteiger partial charge >= 0.3 is 5.69 Å². The molecule has 5 N–H and O–H groups in total. The number of aliphatic hydroxyl groups excluding tert-OH is 1. The summed E-state index contributed by atoms with van der Waals surface area (Å²) in [5.74, 6) is 0. The van der Waals surface area contributed by atoms with Crippen molar-refractivity contribution < 1.29 is 5.11 Å². The van der Waals surface area contributed by atoms with Crippen LogP contribution in [0.5, 0.6) is 0 Å². The lowest BCUT2D eigenvalue weighted by Gasteiger charge is -1.92. The van der Waals surface area contributed by atoms with Crippen molar-refractivity contribution in [1.29, 1.82) is 0 Å². The number of aromatic nitrogens is 2. The van der Waals surface area contributed by atoms with Crippen molar-refractivity contribution in [1.82, 2.24) is 9.97 Å². The van der Waals surface area contributed by atoms with Crippen LogP contribution >= 0.6 is 0 Å². The summed E-state index contributed by atoms with van der Waals surface area (Å²) in [6, 6.07) is 0. The van der Waals surface area contributed by atoms with Gasteiger partial charge in [-0.3, -0.25) is 0 Å². The van der Waals surface area contributed by atoms with E-state index in [1.165, 1.54) is 0 Å². The summed E-state index contributed by atoms with van der Waals surface area (Å²) in [4.78, 5) is 15.4. The number of hydrogen-bond donors (Lipinski definition) is 4. The minimum Gasteiger partial charge on any atom is -0.390 e. The fourth-order valence-electron chi connectivity index (χ4n) is 0.765. The summed E-state index contributed by atoms with van der Waals surface area (Å²) in [7, 11) is 0. The molecule has 1 aromatic rings. The van der Waals surface area contributed by atoms with Crippen molar-refractivity contribution >= 4 is 0 Å². The molecule has 1 rings (SSSR count). The first-order chi connectivity index (χ1) is 4.77. The highest BCUT2D eigenvalue weighted by Gasteiger charge is 2.01. The maximum atomic E-state index is 10.6. The summed E-state index contributed by atoms with van der Waals surface area (Å²) in [5.41, 5.74) is 5.94. The lowest BCUT2D eigenvalue weighted by atomic mass is 10.3. The second-order valence-corrected chi connectivity index (χ2v) is 1.90. The zero-order valence-electron chi connectivity index (χ0n) is 5.35. The predicted molar refractivity (Wildman–Crippen MR) is 35.2 cm³/mol. The van der Waals surface area contributed by atoms with E-state index < -0.39 is 0 Å². The van der Waals surface area contributed by atoms with Gasteiger partial charge in [0, 0.05) is 6.54 Å². The quantitative estimate of drug-likeness (QED) is 0.412. The largest absolute Gasteiger partial charge is 0.390 e. The summed E-state index contributed by atoms with van der Waals surface area (Å²) in [5, 5.41) is 8.62. The van der Waals surface area contributed by atoms with Crippen LogP contribution in [0.2, 0.25) is 0 Å². The molecule has 0 saturated heterocycles. The first-order valence-corrected chi connectivity index (χ1v) is 2.89. The van der Waals surface area contributed by atoms with Gasteiger partial charge < -0.3 is 20.8 Å². The van der Waals surface area contributed by atoms with Gasteiger partial charge in [0.25, 0.3) is 0 Å². The Morgan fingerprint density at radius 1 is 1.40 bits per heavy atom. The highest BCUT2D eigenvalue weighted by atomic mass is 16.3. The third kappa shape index (κ3) is 1.09. The summed E-state index contributed by atoms with van der Waals surface area (Å²) < 4.78 is 0. The maximum absolute atomic E-state index is 10.6. The fraction of sp³-hybridized carbons (Fsp3) is 0.400. The molecule has 1 aromatic heterocycles. The van der Waals surface area contributed by atoms with Gasteiger partial charge in [0.1, 0.15) is 0 Å². The molecule has 0 radical (unpaired) electrons. The molecule has 0 aliphatic rings. The molecule has 0 spiro atoms. The topological polar surface area (TPSA) is 94.9 Å². The molecule has 5 nitrogen and oxygen atoms in total. The second-order valence-electron chi connectivity index (χ2n) is 1.90. The number of nitrogens with two attached hydrogens (primary N) is 1. The molecule has 0 aromatic carbocycles. The van der Waals surface area contributed by atoms with Crippen molar-refractivity contribution in [3.8, 4) is 0 Å². The van der Waals surface area contributed by atoms with E-state index in [1.54, 1.807) is 0 Å². The van der Waals surface area contributed by atoms with Gasteiger partial charge in [0.05, 0.1) is 18.0 Å². The van der Waals surface area contributed by atoms with E-state index in [2.05, 4.69) is 9.97 Å². The molecule has 0 aliphatic heterocycles. The molecular formula is C5H9N3O2. The highest BCUT2D eigenvalue weighted by molar-refractivity contribution is 5.08. The third-order valence-corrected chi connectivity index (χ3v) is 1.26. The van der Waals surface area contributed by atoms with Gasteiger partial charge in [-0.25, -0.2) is 4.79 Å². The van der Waals surface area contributed by atoms with Crippen LogP contribution in [0.1, 0.15) is 11.4 Å². The number of aromatic amines is 2. The monoisotopic (exact) mass is 143 g/mol. The van der Waals surface area contributed by atoms with Crippen molar-refractivity contribution in [3.63, 3.8) is 0 Å². The van der Waals surface area contributed by atoms with Crippen molar-refractivity contribution in [2.75, 3.05) is 0 Å². The number of nitrogens with one attached hydrogen (secondary N) is 2. The zero-order chi connectivity index (χ0) is 7.56. The van der Waals surface area contributed by atoms with Gasteiger partial charge in [-0.1, -0.05) is 0 Å². The zero-order valence-corrected chi connectivity index (χ0v) is 5.35. The smallest absolute Gasteiger partial charge is 0.323 e. The minimum atomic E-state index is -0.329. The van der Waals surface area contributed by atoms with E-state index >= 15 is 0 Å². The number of hydrogen-bond acceptors (Lipinski definition) is 3. The number of imidazole rings is 1. The Morgan fingerprint density at radius 2 is 2.00 bits per heavy atom. The fourth-order valence-corrected chi connectivity index (χ4v) is 0.765. The van der Waals surface area contributed by atoms with Crippen LogP contribution < -0.4 is 11.4 Å². The number of rotatable bonds is 2. The molecule has 56 valence electrons. The summed E-state index contributed by atoms with van der Waals surface area (Å²) in [6.45, 7) is 0.0416. The van der Waals surface area contributed by atoms with Crippen molar-refractivity contribution in [3.05, 3.63) is 21.9 Å². The van der Waals surface area contributed by atoms with E-state index in [0.717, 1.165) is 0 Å². The average Bonchev–Trinajstić information content (AvgIpc) is 2.30. The lowest BCUT2D eigenvalue weighted by Crippen LogP contribution is -2.03. The highest BCUT2D eigenvalue weighted by Crippen LogP contribution is 1.96. The SMILES string of the molecule is NCc1[nH]c(=O)[nH]c1CO. The normalized spacial score (nSPS) is 10.2. The molecule has 1 heterocycles. The molecule has 0 saturated carbocycles. The minimum absolute atomic E-state index is 0.189. The predicted octanol–water partition coefficient (Wildman–Crippen LogP) is -1.35. The molecule has 10 heavy (non-hydrogen) atoms. The molecular weight excluding hydrogens is 134 g/mol. The van der Waals surface area contributed by atoms with Crippen LogP contribution in [0.25, 0.3) is 0 Å². The first kappa shape index (κ1) is 7.04. The summed E-state index contributed by atoms with van der Waals surface area (Å²) in [6.07, 6.45) is 0. The Bertz CT molecular complexity index is 238. The average molecular weight is 143 g/mol. The Hall–Kier alpha value is -1.07. The number of H-pyrrole nitrogens is 2. The lowest BCUT2D eigenvalue weighted by molar-refractivity contribution is 0.276. The van der Waals surface area contributed by atoms with Gasteiger partial charge in [0.15, 0.2) is 0 Å². The second kappa shape index (κ2) is 2.68. The molecule has 0 aliphatic carbocycles. The molecule has 5 heteroatoms. The Morgan fingerprint density at radius 3 is 2.40 bits per heavy atom. The van der Waals surface area contributed by atoms with Gasteiger partial charge in [-0.15, -0.1) is 0 Å². The molecule has 0 fully saturated rings. The Kier molecular flexibility index (Phi) is 1.88. The van der Waals surface area contributed by atoms with Crippen LogP contribution in [-0.4, -0.2) is 15.1 Å². The Balaban J connectivity index is 3.08. The third-order valence-electron chi connectivity index (χ3n) is 1.26. The van der Waals surface area contributed by atoms with Crippen molar-refractivity contribution in [2.24, 2.45) is 5.73 Å². The molecule has 0 unspecified atom stereocenters.